The van der Waals surface area contributed by atoms with E-state index >= 15 is 0 Å². The highest BCUT2D eigenvalue weighted by atomic mass is 32.2. The Morgan fingerprint density at radius 3 is 2.45 bits per heavy atom. The van der Waals surface area contributed by atoms with Crippen molar-refractivity contribution in [1.82, 2.24) is 20.2 Å². The van der Waals surface area contributed by atoms with Gasteiger partial charge in [0.2, 0.25) is 10.0 Å². The molecule has 0 fully saturated rings. The lowest BCUT2D eigenvalue weighted by Crippen LogP contribution is -2.33. The molecule has 1 aromatic heterocycles. The number of hydrogen-bond acceptors (Lipinski definition) is 4. The molecule has 7 heteroatoms. The van der Waals surface area contributed by atoms with Crippen molar-refractivity contribution in [3.05, 3.63) is 11.4 Å². The van der Waals surface area contributed by atoms with Crippen LogP contribution in [0.15, 0.2) is 4.90 Å². The van der Waals surface area contributed by atoms with Gasteiger partial charge in [0.25, 0.3) is 0 Å². The average Bonchev–Trinajstić information content (AvgIpc) is 2.68. The number of H-pyrrole nitrogens is 1. The minimum Gasteiger partial charge on any atom is -0.314 e. The van der Waals surface area contributed by atoms with Crippen LogP contribution in [0.25, 0.3) is 0 Å². The number of aromatic nitrogens is 2. The van der Waals surface area contributed by atoms with Crippen LogP contribution < -0.4 is 10.0 Å². The average molecular weight is 302 g/mol. The van der Waals surface area contributed by atoms with Gasteiger partial charge in [-0.1, -0.05) is 13.8 Å². The second-order valence-electron chi connectivity index (χ2n) is 5.65. The molecule has 0 aromatic carbocycles. The van der Waals surface area contributed by atoms with E-state index in [1.165, 1.54) is 0 Å². The Hall–Kier alpha value is -0.920. The maximum atomic E-state index is 12.5. The number of nitrogens with one attached hydrogen (secondary N) is 3. The standard InChI is InChI=1S/C13H26N4O2S/c1-9(2)6-7-10(3)17-20(18,19)13-11(4)15-16-12(13)8-14-5/h9-10,14,17H,6-8H2,1-5H3,(H,15,16). The first-order chi connectivity index (χ1) is 9.27. The Labute approximate surface area is 121 Å². The van der Waals surface area contributed by atoms with Crippen molar-refractivity contribution in [1.29, 1.82) is 0 Å². The van der Waals surface area contributed by atoms with E-state index < -0.39 is 10.0 Å². The van der Waals surface area contributed by atoms with Gasteiger partial charge in [-0.2, -0.15) is 5.10 Å². The molecule has 6 nitrogen and oxygen atoms in total. The first-order valence-corrected chi connectivity index (χ1v) is 8.47. The van der Waals surface area contributed by atoms with Gasteiger partial charge in [-0.05, 0) is 39.7 Å². The minimum absolute atomic E-state index is 0.0841. The Morgan fingerprint density at radius 2 is 1.90 bits per heavy atom. The van der Waals surface area contributed by atoms with Gasteiger partial charge in [0.15, 0.2) is 0 Å². The van der Waals surface area contributed by atoms with Gasteiger partial charge in [-0.3, -0.25) is 5.10 Å². The van der Waals surface area contributed by atoms with E-state index in [1.807, 2.05) is 6.92 Å². The zero-order valence-corrected chi connectivity index (χ0v) is 13.8. The topological polar surface area (TPSA) is 86.9 Å². The number of aryl methyl sites for hydroxylation is 1. The molecular formula is C13H26N4O2S. The van der Waals surface area contributed by atoms with Gasteiger partial charge in [-0.15, -0.1) is 0 Å². The lowest BCUT2D eigenvalue weighted by molar-refractivity contribution is 0.485. The fourth-order valence-electron chi connectivity index (χ4n) is 2.08. The van der Waals surface area contributed by atoms with Crippen molar-refractivity contribution in [2.45, 2.75) is 58.0 Å². The summed E-state index contributed by atoms with van der Waals surface area (Å²) in [6.07, 6.45) is 1.83. The van der Waals surface area contributed by atoms with Crippen LogP contribution in [-0.2, 0) is 16.6 Å². The van der Waals surface area contributed by atoms with Crippen molar-refractivity contribution in [2.24, 2.45) is 5.92 Å². The summed E-state index contributed by atoms with van der Waals surface area (Å²) in [4.78, 5) is 0.267. The minimum atomic E-state index is -3.53. The first-order valence-electron chi connectivity index (χ1n) is 6.98. The summed E-state index contributed by atoms with van der Waals surface area (Å²) in [7, 11) is -1.77. The van der Waals surface area contributed by atoms with Crippen molar-refractivity contribution >= 4 is 10.0 Å². The molecule has 0 saturated heterocycles. The van der Waals surface area contributed by atoms with Crippen LogP contribution in [0.4, 0.5) is 0 Å². The summed E-state index contributed by atoms with van der Waals surface area (Å²) in [5.74, 6) is 0.567. The zero-order chi connectivity index (χ0) is 15.3. The Morgan fingerprint density at radius 1 is 1.25 bits per heavy atom. The first kappa shape index (κ1) is 17.1. The Balaban J connectivity index is 2.85. The molecule has 0 saturated carbocycles. The van der Waals surface area contributed by atoms with Gasteiger partial charge in [0.1, 0.15) is 4.90 Å². The molecule has 1 heterocycles. The second-order valence-corrected chi connectivity index (χ2v) is 7.30. The highest BCUT2D eigenvalue weighted by Gasteiger charge is 2.25. The number of nitrogens with zero attached hydrogens (tertiary/aromatic N) is 1. The molecule has 0 aliphatic rings. The van der Waals surface area contributed by atoms with Crippen LogP contribution in [0.1, 0.15) is 45.0 Å². The Kier molecular flexibility index (Phi) is 6.16. The summed E-state index contributed by atoms with van der Waals surface area (Å²) >= 11 is 0. The summed E-state index contributed by atoms with van der Waals surface area (Å²) < 4.78 is 27.7. The van der Waals surface area contributed by atoms with Gasteiger partial charge in [-0.25, -0.2) is 13.1 Å². The van der Waals surface area contributed by atoms with E-state index in [1.54, 1.807) is 14.0 Å². The SMILES string of the molecule is CNCc1n[nH]c(C)c1S(=O)(=O)NC(C)CCC(C)C. The largest absolute Gasteiger partial charge is 0.314 e. The fourth-order valence-corrected chi connectivity index (χ4v) is 3.72. The second kappa shape index (κ2) is 7.19. The molecule has 1 aromatic rings. The third-order valence-corrected chi connectivity index (χ3v) is 4.90. The van der Waals surface area contributed by atoms with Crippen LogP contribution in [-0.4, -0.2) is 31.7 Å². The molecule has 0 bridgehead atoms. The summed E-state index contributed by atoms with van der Waals surface area (Å²) in [6.45, 7) is 8.30. The lowest BCUT2D eigenvalue weighted by atomic mass is 10.1. The van der Waals surface area contributed by atoms with Crippen LogP contribution in [0.5, 0.6) is 0 Å². The molecule has 0 aliphatic carbocycles. The normalized spacial score (nSPS) is 13.9. The molecule has 0 aliphatic heterocycles. The summed E-state index contributed by atoms with van der Waals surface area (Å²) in [6, 6.07) is -0.0841. The number of aromatic amines is 1. The molecule has 3 N–H and O–H groups in total. The van der Waals surface area contributed by atoms with Crippen molar-refractivity contribution in [3.63, 3.8) is 0 Å². The smallest absolute Gasteiger partial charge is 0.244 e. The molecule has 0 amide bonds. The van der Waals surface area contributed by atoms with Gasteiger partial charge >= 0.3 is 0 Å². The predicted octanol–water partition coefficient (Wildman–Crippen LogP) is 1.54. The van der Waals surface area contributed by atoms with Crippen molar-refractivity contribution in [2.75, 3.05) is 7.05 Å². The van der Waals surface area contributed by atoms with Gasteiger partial charge in [0.05, 0.1) is 11.4 Å². The van der Waals surface area contributed by atoms with Crippen molar-refractivity contribution < 1.29 is 8.42 Å². The maximum absolute atomic E-state index is 12.5. The third kappa shape index (κ3) is 4.57. The highest BCUT2D eigenvalue weighted by molar-refractivity contribution is 7.89. The number of sulfonamides is 1. The van der Waals surface area contributed by atoms with E-state index in [-0.39, 0.29) is 10.9 Å². The third-order valence-electron chi connectivity index (χ3n) is 3.11. The molecule has 1 rings (SSSR count). The van der Waals surface area contributed by atoms with E-state index in [0.717, 1.165) is 12.8 Å². The maximum Gasteiger partial charge on any atom is 0.244 e. The van der Waals surface area contributed by atoms with E-state index in [9.17, 15) is 8.42 Å². The van der Waals surface area contributed by atoms with E-state index in [4.69, 9.17) is 0 Å². The van der Waals surface area contributed by atoms with E-state index in [2.05, 4.69) is 34.1 Å². The molecule has 1 unspecified atom stereocenters. The van der Waals surface area contributed by atoms with E-state index in [0.29, 0.717) is 23.9 Å². The van der Waals surface area contributed by atoms with Crippen LogP contribution in [0.2, 0.25) is 0 Å². The molecule has 20 heavy (non-hydrogen) atoms. The van der Waals surface area contributed by atoms with Gasteiger partial charge < -0.3 is 5.32 Å². The highest BCUT2D eigenvalue weighted by Crippen LogP contribution is 2.18. The molecule has 116 valence electrons. The molecule has 0 radical (unpaired) electrons. The molecule has 1 atom stereocenters. The predicted molar refractivity (Wildman–Crippen MR) is 79.9 cm³/mol. The number of hydrogen-bond donors (Lipinski definition) is 3. The summed E-state index contributed by atoms with van der Waals surface area (Å²) in [5, 5.41) is 9.72. The molecule has 0 spiro atoms. The Bertz CT molecular complexity index is 522. The molecular weight excluding hydrogens is 276 g/mol. The monoisotopic (exact) mass is 302 g/mol. The number of rotatable bonds is 8. The van der Waals surface area contributed by atoms with Crippen LogP contribution in [0.3, 0.4) is 0 Å². The van der Waals surface area contributed by atoms with Crippen LogP contribution in [0, 0.1) is 12.8 Å². The lowest BCUT2D eigenvalue weighted by Gasteiger charge is -2.15. The summed E-state index contributed by atoms with van der Waals surface area (Å²) in [5.41, 5.74) is 1.09. The zero-order valence-electron chi connectivity index (χ0n) is 12.9. The van der Waals surface area contributed by atoms with Crippen molar-refractivity contribution in [3.8, 4) is 0 Å². The fraction of sp³-hybridized carbons (Fsp3) is 0.769. The van der Waals surface area contributed by atoms with Gasteiger partial charge in [0, 0.05) is 12.6 Å². The van der Waals surface area contributed by atoms with Crippen LogP contribution >= 0.6 is 0 Å². The quantitative estimate of drug-likeness (QED) is 0.680.